The van der Waals surface area contributed by atoms with Gasteiger partial charge in [0.25, 0.3) is 5.56 Å². The first-order valence-electron chi connectivity index (χ1n) is 5.69. The largest absolute Gasteiger partial charge is 0.376 e. The number of rotatable bonds is 5. The summed E-state index contributed by atoms with van der Waals surface area (Å²) in [6, 6.07) is 0. The summed E-state index contributed by atoms with van der Waals surface area (Å²) < 4.78 is 1.78. The Morgan fingerprint density at radius 1 is 1.53 bits per heavy atom. The molecule has 0 radical (unpaired) electrons. The smallest absolute Gasteiger partial charge is 0.282 e. The number of halogens is 1. The molecule has 0 unspecified atom stereocenters. The maximum Gasteiger partial charge on any atom is 0.282 e. The minimum Gasteiger partial charge on any atom is -0.376 e. The van der Waals surface area contributed by atoms with E-state index in [1.54, 1.807) is 13.2 Å². The molecule has 1 rings (SSSR count). The lowest BCUT2D eigenvalue weighted by molar-refractivity contribution is 0.444. The second-order valence-corrected chi connectivity index (χ2v) is 4.91. The van der Waals surface area contributed by atoms with Crippen molar-refractivity contribution in [2.45, 2.75) is 32.2 Å². The number of nitrogens with one attached hydrogen (secondary N) is 1. The van der Waals surface area contributed by atoms with Crippen LogP contribution in [0.25, 0.3) is 0 Å². The minimum atomic E-state index is -0.184. The van der Waals surface area contributed by atoms with Crippen LogP contribution in [0.4, 0.5) is 5.69 Å². The van der Waals surface area contributed by atoms with Crippen molar-refractivity contribution in [1.29, 1.82) is 0 Å². The average molecular weight is 303 g/mol. The molecular formula is C11H19BrN4O. The van der Waals surface area contributed by atoms with E-state index in [1.807, 2.05) is 0 Å². The predicted molar refractivity (Wildman–Crippen MR) is 73.2 cm³/mol. The zero-order valence-corrected chi connectivity index (χ0v) is 12.0. The Balaban J connectivity index is 3.11. The van der Waals surface area contributed by atoms with E-state index >= 15 is 0 Å². The first-order chi connectivity index (χ1) is 7.99. The summed E-state index contributed by atoms with van der Waals surface area (Å²) in [6.07, 6.45) is 3.42. The number of hydrogen-bond donors (Lipinski definition) is 2. The molecule has 0 atom stereocenters. The lowest BCUT2D eigenvalue weighted by Crippen LogP contribution is -2.45. The van der Waals surface area contributed by atoms with Crippen molar-refractivity contribution < 1.29 is 0 Å². The first-order valence-corrected chi connectivity index (χ1v) is 6.49. The van der Waals surface area contributed by atoms with Gasteiger partial charge in [0.2, 0.25) is 0 Å². The molecule has 0 saturated heterocycles. The summed E-state index contributed by atoms with van der Waals surface area (Å²) >= 11 is 3.29. The van der Waals surface area contributed by atoms with Gasteiger partial charge in [-0.3, -0.25) is 4.79 Å². The molecule has 17 heavy (non-hydrogen) atoms. The van der Waals surface area contributed by atoms with Crippen LogP contribution in [0.15, 0.2) is 15.5 Å². The van der Waals surface area contributed by atoms with Gasteiger partial charge in [0, 0.05) is 19.1 Å². The summed E-state index contributed by atoms with van der Waals surface area (Å²) in [5.74, 6) is 0. The van der Waals surface area contributed by atoms with Crippen LogP contribution in [0.2, 0.25) is 0 Å². The molecule has 1 aromatic rings. The monoisotopic (exact) mass is 302 g/mol. The van der Waals surface area contributed by atoms with Crippen LogP contribution < -0.4 is 16.6 Å². The fourth-order valence-corrected chi connectivity index (χ4v) is 2.11. The van der Waals surface area contributed by atoms with E-state index < -0.39 is 0 Å². The number of nitrogens with two attached hydrogens (primary N) is 1. The van der Waals surface area contributed by atoms with Gasteiger partial charge in [0.05, 0.1) is 11.9 Å². The van der Waals surface area contributed by atoms with Gasteiger partial charge in [-0.1, -0.05) is 13.8 Å². The van der Waals surface area contributed by atoms with Gasteiger partial charge < -0.3 is 11.1 Å². The maximum absolute atomic E-state index is 11.7. The fourth-order valence-electron chi connectivity index (χ4n) is 1.65. The highest BCUT2D eigenvalue weighted by molar-refractivity contribution is 9.10. The van der Waals surface area contributed by atoms with Gasteiger partial charge in [0.15, 0.2) is 0 Å². The van der Waals surface area contributed by atoms with Crippen LogP contribution in [-0.2, 0) is 7.05 Å². The Hall–Kier alpha value is -0.880. The van der Waals surface area contributed by atoms with Gasteiger partial charge >= 0.3 is 0 Å². The molecule has 0 fully saturated rings. The zero-order chi connectivity index (χ0) is 13.1. The molecule has 0 bridgehead atoms. The number of anilines is 1. The van der Waals surface area contributed by atoms with Crippen LogP contribution in [0.3, 0.4) is 0 Å². The van der Waals surface area contributed by atoms with Gasteiger partial charge in [-0.2, -0.15) is 5.10 Å². The average Bonchev–Trinajstić information content (AvgIpc) is 2.36. The normalized spacial score (nSPS) is 11.6. The predicted octanol–water partition coefficient (Wildman–Crippen LogP) is 1.47. The Labute approximate surface area is 110 Å². The molecule has 0 spiro atoms. The highest BCUT2D eigenvalue weighted by atomic mass is 79.9. The van der Waals surface area contributed by atoms with E-state index in [9.17, 15) is 4.79 Å². The standard InChI is InChI=1S/C11H19BrN4O/c1-4-11(5-2,7-13)15-8-6-14-16(3)10(17)9(8)12/h6,15H,4-5,7,13H2,1-3H3. The van der Waals surface area contributed by atoms with Crippen LogP contribution >= 0.6 is 15.9 Å². The van der Waals surface area contributed by atoms with E-state index in [4.69, 9.17) is 5.73 Å². The quantitative estimate of drug-likeness (QED) is 0.864. The summed E-state index contributed by atoms with van der Waals surface area (Å²) in [7, 11) is 1.62. The number of hydrogen-bond acceptors (Lipinski definition) is 4. The van der Waals surface area contributed by atoms with Crippen molar-refractivity contribution in [3.05, 3.63) is 21.0 Å². The Morgan fingerprint density at radius 2 is 2.12 bits per heavy atom. The molecule has 1 heterocycles. The van der Waals surface area contributed by atoms with E-state index in [1.165, 1.54) is 4.68 Å². The van der Waals surface area contributed by atoms with Crippen molar-refractivity contribution in [3.63, 3.8) is 0 Å². The minimum absolute atomic E-state index is 0.159. The van der Waals surface area contributed by atoms with Crippen LogP contribution in [0.5, 0.6) is 0 Å². The van der Waals surface area contributed by atoms with Crippen molar-refractivity contribution in [2.24, 2.45) is 12.8 Å². The van der Waals surface area contributed by atoms with E-state index in [0.717, 1.165) is 12.8 Å². The van der Waals surface area contributed by atoms with Gasteiger partial charge in [0.1, 0.15) is 4.47 Å². The fraction of sp³-hybridized carbons (Fsp3) is 0.636. The third-order valence-corrected chi connectivity index (χ3v) is 3.99. The molecule has 0 aliphatic carbocycles. The summed E-state index contributed by atoms with van der Waals surface area (Å²) in [5, 5.41) is 7.33. The molecule has 0 aliphatic heterocycles. The summed E-state index contributed by atoms with van der Waals surface area (Å²) in [6.45, 7) is 4.67. The van der Waals surface area contributed by atoms with E-state index in [2.05, 4.69) is 40.2 Å². The molecule has 96 valence electrons. The molecule has 0 amide bonds. The highest BCUT2D eigenvalue weighted by Gasteiger charge is 2.25. The number of aromatic nitrogens is 2. The second-order valence-electron chi connectivity index (χ2n) is 4.12. The van der Waals surface area contributed by atoms with Crippen LogP contribution in [0, 0.1) is 0 Å². The van der Waals surface area contributed by atoms with E-state index in [0.29, 0.717) is 16.7 Å². The molecule has 0 aromatic carbocycles. The second kappa shape index (κ2) is 5.64. The SMILES string of the molecule is CCC(CC)(CN)Nc1cnn(C)c(=O)c1Br. The summed E-state index contributed by atoms with van der Waals surface area (Å²) in [4.78, 5) is 11.7. The zero-order valence-electron chi connectivity index (χ0n) is 10.5. The van der Waals surface area contributed by atoms with Crippen LogP contribution in [-0.4, -0.2) is 21.9 Å². The third kappa shape index (κ3) is 2.87. The van der Waals surface area contributed by atoms with Crippen LogP contribution in [0.1, 0.15) is 26.7 Å². The molecule has 0 saturated carbocycles. The summed E-state index contributed by atoms with van der Waals surface area (Å²) in [5.41, 5.74) is 6.17. The molecular weight excluding hydrogens is 284 g/mol. The van der Waals surface area contributed by atoms with Gasteiger partial charge in [-0.15, -0.1) is 0 Å². The lowest BCUT2D eigenvalue weighted by atomic mass is 9.93. The lowest BCUT2D eigenvalue weighted by Gasteiger charge is -2.32. The topological polar surface area (TPSA) is 72.9 Å². The van der Waals surface area contributed by atoms with Crippen molar-refractivity contribution in [2.75, 3.05) is 11.9 Å². The van der Waals surface area contributed by atoms with Gasteiger partial charge in [-0.25, -0.2) is 4.68 Å². The Morgan fingerprint density at radius 3 is 2.59 bits per heavy atom. The first kappa shape index (κ1) is 14.2. The molecule has 3 N–H and O–H groups in total. The Kier molecular flexibility index (Phi) is 4.70. The van der Waals surface area contributed by atoms with Crippen molar-refractivity contribution >= 4 is 21.6 Å². The molecule has 0 aliphatic rings. The molecule has 5 nitrogen and oxygen atoms in total. The molecule has 6 heteroatoms. The number of aryl methyl sites for hydroxylation is 1. The Bertz CT molecular complexity index is 431. The third-order valence-electron chi connectivity index (χ3n) is 3.22. The van der Waals surface area contributed by atoms with Crippen molar-refractivity contribution in [3.8, 4) is 0 Å². The maximum atomic E-state index is 11.7. The number of nitrogens with zero attached hydrogens (tertiary/aromatic N) is 2. The molecule has 1 aromatic heterocycles. The van der Waals surface area contributed by atoms with E-state index in [-0.39, 0.29) is 11.1 Å². The van der Waals surface area contributed by atoms with Gasteiger partial charge in [-0.05, 0) is 28.8 Å². The van der Waals surface area contributed by atoms with Crippen molar-refractivity contribution in [1.82, 2.24) is 9.78 Å². The highest BCUT2D eigenvalue weighted by Crippen LogP contribution is 2.24.